The third kappa shape index (κ3) is 4.55. The second kappa shape index (κ2) is 9.94. The van der Waals surface area contributed by atoms with Gasteiger partial charge >= 0.3 is 0 Å². The van der Waals surface area contributed by atoms with Crippen LogP contribution in [0.5, 0.6) is 0 Å². The Labute approximate surface area is 221 Å². The maximum Gasteiger partial charge on any atom is 0.297 e. The van der Waals surface area contributed by atoms with Gasteiger partial charge in [0.1, 0.15) is 17.2 Å². The zero-order valence-corrected chi connectivity index (χ0v) is 22.0. The van der Waals surface area contributed by atoms with Crippen LogP contribution >= 0.6 is 11.3 Å². The van der Waals surface area contributed by atoms with Crippen molar-refractivity contribution in [1.82, 2.24) is 14.0 Å². The van der Waals surface area contributed by atoms with Crippen LogP contribution in [-0.4, -0.2) is 24.7 Å². The quantitative estimate of drug-likeness (QED) is 0.168. The Hall–Kier alpha value is -4.77. The summed E-state index contributed by atoms with van der Waals surface area (Å²) >= 11 is 1.28. The van der Waals surface area contributed by atoms with Crippen LogP contribution in [-0.2, 0) is 7.05 Å². The maximum absolute atomic E-state index is 13.5. The molecule has 0 aliphatic carbocycles. The lowest BCUT2D eigenvalue weighted by atomic mass is 10.1. The fraction of sp³-hybridized carbons (Fsp3) is 0.148. The van der Waals surface area contributed by atoms with Crippen molar-refractivity contribution in [1.29, 1.82) is 0 Å². The Balaban J connectivity index is 1.74. The van der Waals surface area contributed by atoms with Gasteiger partial charge in [0.05, 0.1) is 22.0 Å². The SMILES string of the molecule is CC(=Nn1c(-c2cccc([N+](=O)[O-])c2)csc1=Nc1c(C)n(C)n(-c2ccccc2)c1=O)c1ccc(C)o1. The fourth-order valence-corrected chi connectivity index (χ4v) is 4.89. The monoisotopic (exact) mass is 528 g/mol. The van der Waals surface area contributed by atoms with Crippen molar-refractivity contribution in [3.05, 3.63) is 115 Å². The van der Waals surface area contributed by atoms with Gasteiger partial charge in [0.2, 0.25) is 4.80 Å². The molecule has 0 unspecified atom stereocenters. The Morgan fingerprint density at radius 1 is 1.05 bits per heavy atom. The molecule has 0 aliphatic heterocycles. The van der Waals surface area contributed by atoms with Gasteiger partial charge in [-0.25, -0.2) is 14.4 Å². The predicted octanol–water partition coefficient (Wildman–Crippen LogP) is 5.33. The molecule has 192 valence electrons. The van der Waals surface area contributed by atoms with E-state index in [0.29, 0.717) is 33.2 Å². The minimum absolute atomic E-state index is 0.0363. The number of para-hydroxylation sites is 1. The van der Waals surface area contributed by atoms with Gasteiger partial charge in [-0.2, -0.15) is 5.10 Å². The molecular formula is C27H24N6O4S. The highest BCUT2D eigenvalue weighted by Gasteiger charge is 2.18. The summed E-state index contributed by atoms with van der Waals surface area (Å²) in [5.74, 6) is 1.33. The lowest BCUT2D eigenvalue weighted by Crippen LogP contribution is -2.20. The van der Waals surface area contributed by atoms with E-state index in [4.69, 9.17) is 14.5 Å². The molecule has 3 aromatic heterocycles. The largest absolute Gasteiger partial charge is 0.460 e. The van der Waals surface area contributed by atoms with E-state index in [2.05, 4.69) is 0 Å². The minimum Gasteiger partial charge on any atom is -0.460 e. The van der Waals surface area contributed by atoms with Crippen molar-refractivity contribution in [2.24, 2.45) is 17.1 Å². The third-order valence-corrected chi connectivity index (χ3v) is 6.93. The standard InChI is InChI=1S/C27H24N6O4S/c1-17-13-14-24(37-17)18(2)29-31-23(20-9-8-12-22(15-20)33(35)36)16-38-27(31)28-25-19(3)30(4)32(26(25)34)21-10-6-5-7-11-21/h5-16H,1-4H3. The lowest BCUT2D eigenvalue weighted by molar-refractivity contribution is -0.384. The summed E-state index contributed by atoms with van der Waals surface area (Å²) in [6.07, 6.45) is 0. The molecule has 0 saturated heterocycles. The highest BCUT2D eigenvalue weighted by molar-refractivity contribution is 7.07. The van der Waals surface area contributed by atoms with Crippen molar-refractivity contribution < 1.29 is 9.34 Å². The molecule has 0 spiro atoms. The highest BCUT2D eigenvalue weighted by atomic mass is 32.1. The smallest absolute Gasteiger partial charge is 0.297 e. The van der Waals surface area contributed by atoms with E-state index in [1.54, 1.807) is 40.1 Å². The molecule has 38 heavy (non-hydrogen) atoms. The molecule has 5 aromatic rings. The molecule has 3 heterocycles. The summed E-state index contributed by atoms with van der Waals surface area (Å²) < 4.78 is 10.7. The van der Waals surface area contributed by atoms with Gasteiger partial charge in [-0.1, -0.05) is 30.3 Å². The number of aromatic nitrogens is 3. The molecule has 2 aromatic carbocycles. The van der Waals surface area contributed by atoms with Crippen molar-refractivity contribution in [3.63, 3.8) is 0 Å². The molecule has 0 saturated carbocycles. The normalized spacial score (nSPS) is 12.3. The van der Waals surface area contributed by atoms with Crippen LogP contribution in [0.2, 0.25) is 0 Å². The number of hydrogen-bond donors (Lipinski definition) is 0. The average Bonchev–Trinajstić information content (AvgIpc) is 3.58. The van der Waals surface area contributed by atoms with Crippen LogP contribution in [0.1, 0.15) is 24.1 Å². The molecule has 0 fully saturated rings. The third-order valence-electron chi connectivity index (χ3n) is 6.12. The Morgan fingerprint density at radius 2 is 1.82 bits per heavy atom. The second-order valence-corrected chi connectivity index (χ2v) is 9.48. The van der Waals surface area contributed by atoms with Gasteiger partial charge < -0.3 is 4.42 Å². The van der Waals surface area contributed by atoms with E-state index in [-0.39, 0.29) is 16.9 Å². The van der Waals surface area contributed by atoms with Crippen LogP contribution < -0.4 is 10.4 Å². The van der Waals surface area contributed by atoms with Crippen LogP contribution in [0.4, 0.5) is 11.4 Å². The number of benzene rings is 2. The van der Waals surface area contributed by atoms with Crippen LogP contribution in [0, 0.1) is 24.0 Å². The Bertz CT molecular complexity index is 1820. The second-order valence-electron chi connectivity index (χ2n) is 8.64. The molecule has 0 atom stereocenters. The number of nitro benzene ring substituents is 1. The first-order valence-corrected chi connectivity index (χ1v) is 12.6. The number of thiazole rings is 1. The summed E-state index contributed by atoms with van der Waals surface area (Å²) in [4.78, 5) is 29.6. The molecule has 0 N–H and O–H groups in total. The van der Waals surface area contributed by atoms with Crippen LogP contribution in [0.3, 0.4) is 0 Å². The topological polar surface area (TPSA) is 113 Å². The van der Waals surface area contributed by atoms with E-state index in [1.807, 2.05) is 61.7 Å². The molecule has 11 heteroatoms. The van der Waals surface area contributed by atoms with Crippen LogP contribution in [0.15, 0.2) is 91.4 Å². The van der Waals surface area contributed by atoms with Crippen molar-refractivity contribution in [3.8, 4) is 16.9 Å². The van der Waals surface area contributed by atoms with Crippen molar-refractivity contribution in [2.75, 3.05) is 0 Å². The molecule has 0 amide bonds. The fourth-order valence-electron chi connectivity index (χ4n) is 4.06. The number of non-ortho nitro benzene ring substituents is 1. The summed E-state index contributed by atoms with van der Waals surface area (Å²) in [7, 11) is 1.81. The maximum atomic E-state index is 13.5. The first kappa shape index (κ1) is 24.9. The number of rotatable bonds is 6. The van der Waals surface area contributed by atoms with Gasteiger partial charge in [-0.3, -0.25) is 19.6 Å². The molecule has 0 aliphatic rings. The number of aryl methyl sites for hydroxylation is 1. The Morgan fingerprint density at radius 3 is 2.50 bits per heavy atom. The zero-order valence-electron chi connectivity index (χ0n) is 21.2. The zero-order chi connectivity index (χ0) is 27.0. The van der Waals surface area contributed by atoms with Gasteiger partial charge in [0.25, 0.3) is 11.2 Å². The first-order valence-electron chi connectivity index (χ1n) is 11.7. The number of nitrogens with zero attached hydrogens (tertiary/aromatic N) is 6. The first-order chi connectivity index (χ1) is 18.2. The lowest BCUT2D eigenvalue weighted by Gasteiger charge is -2.07. The van der Waals surface area contributed by atoms with E-state index >= 15 is 0 Å². The van der Waals surface area contributed by atoms with E-state index < -0.39 is 4.92 Å². The number of nitro groups is 1. The summed E-state index contributed by atoms with van der Waals surface area (Å²) in [6.45, 7) is 5.49. The average molecular weight is 529 g/mol. The molecular weight excluding hydrogens is 504 g/mol. The van der Waals surface area contributed by atoms with Crippen LogP contribution in [0.25, 0.3) is 16.9 Å². The Kier molecular flexibility index (Phi) is 6.52. The van der Waals surface area contributed by atoms with Gasteiger partial charge in [-0.15, -0.1) is 11.3 Å². The predicted molar refractivity (Wildman–Crippen MR) is 146 cm³/mol. The number of furan rings is 1. The number of hydrogen-bond acceptors (Lipinski definition) is 7. The summed E-state index contributed by atoms with van der Waals surface area (Å²) in [6, 6.07) is 19.3. The van der Waals surface area contributed by atoms with Crippen molar-refractivity contribution in [2.45, 2.75) is 20.8 Å². The van der Waals surface area contributed by atoms with E-state index in [9.17, 15) is 14.9 Å². The molecule has 5 rings (SSSR count). The molecule has 0 bridgehead atoms. The van der Waals surface area contributed by atoms with Gasteiger partial charge in [-0.05, 0) is 45.0 Å². The minimum atomic E-state index is -0.439. The van der Waals surface area contributed by atoms with Crippen molar-refractivity contribution >= 4 is 28.4 Å². The molecule has 0 radical (unpaired) electrons. The summed E-state index contributed by atoms with van der Waals surface area (Å²) in [5, 5.41) is 18.0. The van der Waals surface area contributed by atoms with E-state index in [0.717, 1.165) is 11.4 Å². The van der Waals surface area contributed by atoms with Gasteiger partial charge in [0, 0.05) is 30.1 Å². The van der Waals surface area contributed by atoms with Gasteiger partial charge in [0.15, 0.2) is 5.69 Å². The highest BCUT2D eigenvalue weighted by Crippen LogP contribution is 2.25. The molecule has 10 nitrogen and oxygen atoms in total. The summed E-state index contributed by atoms with van der Waals surface area (Å²) in [5.41, 5.74) is 3.14. The van der Waals surface area contributed by atoms with E-state index in [1.165, 1.54) is 23.5 Å².